The Morgan fingerprint density at radius 1 is 0.933 bits per heavy atom. The van der Waals surface area contributed by atoms with Crippen LogP contribution in [-0.2, 0) is 17.8 Å². The van der Waals surface area contributed by atoms with Gasteiger partial charge in [0.05, 0.1) is 35.0 Å². The molecule has 1 aliphatic heterocycles. The summed E-state index contributed by atoms with van der Waals surface area (Å²) in [7, 11) is 4.03. The Bertz CT molecular complexity index is 1150. The quantitative estimate of drug-likeness (QED) is 0.540. The molecule has 0 radical (unpaired) electrons. The Hall–Kier alpha value is -2.55. The molecule has 0 N–H and O–H groups in total. The van der Waals surface area contributed by atoms with Crippen LogP contribution in [0.5, 0.6) is 0 Å². The van der Waals surface area contributed by atoms with E-state index in [4.69, 9.17) is 4.74 Å². The van der Waals surface area contributed by atoms with Crippen molar-refractivity contribution >= 4 is 21.8 Å². The van der Waals surface area contributed by atoms with Gasteiger partial charge in [0.15, 0.2) is 0 Å². The van der Waals surface area contributed by atoms with E-state index in [1.165, 1.54) is 0 Å². The van der Waals surface area contributed by atoms with Gasteiger partial charge in [-0.25, -0.2) is 4.98 Å². The van der Waals surface area contributed by atoms with Gasteiger partial charge in [0.1, 0.15) is 0 Å². The van der Waals surface area contributed by atoms with Crippen LogP contribution < -0.4 is 11.1 Å². The first-order valence-corrected chi connectivity index (χ1v) is 10.5. The number of nitrogens with zero attached hydrogens (tertiary/aromatic N) is 5. The Morgan fingerprint density at radius 3 is 2.13 bits per heavy atom. The van der Waals surface area contributed by atoms with Crippen molar-refractivity contribution in [2.45, 2.75) is 19.5 Å². The minimum Gasteiger partial charge on any atom is -0.379 e. The molecule has 3 aromatic rings. The Balaban J connectivity index is 1.63. The molecule has 0 amide bonds. The molecule has 30 heavy (non-hydrogen) atoms. The molecule has 0 aromatic carbocycles. The van der Waals surface area contributed by atoms with Crippen LogP contribution in [0.15, 0.2) is 40.2 Å². The Kier molecular flexibility index (Phi) is 6.26. The summed E-state index contributed by atoms with van der Waals surface area (Å²) in [5.74, 6) is 0. The third-order valence-corrected chi connectivity index (χ3v) is 5.65. The summed E-state index contributed by atoms with van der Waals surface area (Å²) in [6.45, 7) is 6.22. The number of aryl methyl sites for hydroxylation is 1. The highest BCUT2D eigenvalue weighted by atomic mass is 16.5. The van der Waals surface area contributed by atoms with E-state index in [2.05, 4.69) is 14.8 Å². The van der Waals surface area contributed by atoms with Crippen molar-refractivity contribution < 1.29 is 4.74 Å². The first-order valence-electron chi connectivity index (χ1n) is 10.5. The molecule has 4 rings (SSSR count). The summed E-state index contributed by atoms with van der Waals surface area (Å²) < 4.78 is 8.80. The van der Waals surface area contributed by atoms with E-state index in [1.54, 1.807) is 27.6 Å². The third-order valence-electron chi connectivity index (χ3n) is 5.65. The van der Waals surface area contributed by atoms with Crippen molar-refractivity contribution in [1.82, 2.24) is 23.9 Å². The lowest BCUT2D eigenvalue weighted by Crippen LogP contribution is -2.39. The lowest BCUT2D eigenvalue weighted by Gasteiger charge is -2.26. The molecule has 1 aliphatic rings. The van der Waals surface area contributed by atoms with Crippen LogP contribution in [0.3, 0.4) is 0 Å². The van der Waals surface area contributed by atoms with Gasteiger partial charge in [-0.05, 0) is 45.3 Å². The molecular formula is C22H29N5O3. The van der Waals surface area contributed by atoms with Crippen LogP contribution in [0.1, 0.15) is 6.42 Å². The summed E-state index contributed by atoms with van der Waals surface area (Å²) in [5, 5.41) is 0.994. The van der Waals surface area contributed by atoms with E-state index in [1.807, 2.05) is 26.2 Å². The topological polar surface area (TPSA) is 72.6 Å². The van der Waals surface area contributed by atoms with Crippen molar-refractivity contribution in [1.29, 1.82) is 0 Å². The van der Waals surface area contributed by atoms with Crippen LogP contribution in [0.2, 0.25) is 0 Å². The highest BCUT2D eigenvalue weighted by Gasteiger charge is 2.13. The van der Waals surface area contributed by atoms with Crippen LogP contribution in [0.4, 0.5) is 0 Å². The van der Waals surface area contributed by atoms with Gasteiger partial charge in [-0.1, -0.05) is 0 Å². The number of ether oxygens (including phenoxy) is 1. The second kappa shape index (κ2) is 9.07. The van der Waals surface area contributed by atoms with Crippen molar-refractivity contribution in [3.05, 3.63) is 51.3 Å². The molecule has 1 fully saturated rings. The van der Waals surface area contributed by atoms with Crippen molar-refractivity contribution in [3.8, 4) is 0 Å². The van der Waals surface area contributed by atoms with Crippen molar-refractivity contribution in [2.24, 2.45) is 0 Å². The van der Waals surface area contributed by atoms with Crippen LogP contribution in [0, 0.1) is 0 Å². The molecular weight excluding hydrogens is 382 g/mol. The maximum atomic E-state index is 13.1. The molecule has 0 spiro atoms. The Labute approximate surface area is 175 Å². The van der Waals surface area contributed by atoms with Crippen LogP contribution in [-0.4, -0.2) is 77.4 Å². The fourth-order valence-electron chi connectivity index (χ4n) is 3.89. The van der Waals surface area contributed by atoms with Crippen LogP contribution in [0.25, 0.3) is 21.8 Å². The lowest BCUT2D eigenvalue weighted by molar-refractivity contribution is 0.0363. The van der Waals surface area contributed by atoms with Gasteiger partial charge in [-0.3, -0.25) is 14.5 Å². The maximum absolute atomic E-state index is 13.1. The molecule has 3 aromatic heterocycles. The summed E-state index contributed by atoms with van der Waals surface area (Å²) in [6, 6.07) is 5.43. The number of fused-ring (bicyclic) bond motifs is 2. The molecule has 8 heteroatoms. The van der Waals surface area contributed by atoms with E-state index < -0.39 is 0 Å². The third kappa shape index (κ3) is 4.45. The second-order valence-corrected chi connectivity index (χ2v) is 8.09. The maximum Gasteiger partial charge on any atom is 0.260 e. The molecule has 0 saturated carbocycles. The minimum atomic E-state index is -0.0995. The number of pyridine rings is 3. The highest BCUT2D eigenvalue weighted by Crippen LogP contribution is 2.14. The summed E-state index contributed by atoms with van der Waals surface area (Å²) in [4.78, 5) is 35.0. The molecule has 8 nitrogen and oxygen atoms in total. The number of hydrogen-bond donors (Lipinski definition) is 0. The fraction of sp³-hybridized carbons (Fsp3) is 0.500. The van der Waals surface area contributed by atoms with E-state index in [0.717, 1.165) is 45.8 Å². The number of aromatic nitrogens is 3. The molecule has 0 atom stereocenters. The SMILES string of the molecule is CN(C)CCCn1ccc2nc3ccn(CCN4CCOCC4)c(=O)c3cc2c1=O. The van der Waals surface area contributed by atoms with Crippen molar-refractivity contribution in [3.63, 3.8) is 0 Å². The summed E-state index contributed by atoms with van der Waals surface area (Å²) >= 11 is 0. The van der Waals surface area contributed by atoms with Gasteiger partial charge in [0.25, 0.3) is 11.1 Å². The van der Waals surface area contributed by atoms with Crippen LogP contribution >= 0.6 is 0 Å². The predicted molar refractivity (Wildman–Crippen MR) is 118 cm³/mol. The van der Waals surface area contributed by atoms with Gasteiger partial charge < -0.3 is 18.8 Å². The molecule has 0 unspecified atom stereocenters. The average molecular weight is 412 g/mol. The van der Waals surface area contributed by atoms with Gasteiger partial charge in [-0.15, -0.1) is 0 Å². The lowest BCUT2D eigenvalue weighted by atomic mass is 10.2. The zero-order chi connectivity index (χ0) is 21.1. The van der Waals surface area contributed by atoms with Gasteiger partial charge >= 0.3 is 0 Å². The molecule has 160 valence electrons. The fourth-order valence-corrected chi connectivity index (χ4v) is 3.89. The normalized spacial score (nSPS) is 15.4. The summed E-state index contributed by atoms with van der Waals surface area (Å²) in [5.41, 5.74) is 1.06. The number of rotatable bonds is 7. The minimum absolute atomic E-state index is 0.0937. The predicted octanol–water partition coefficient (Wildman–Crippen LogP) is 0.995. The van der Waals surface area contributed by atoms with Gasteiger partial charge in [0, 0.05) is 45.1 Å². The number of hydrogen-bond acceptors (Lipinski definition) is 6. The average Bonchev–Trinajstić information content (AvgIpc) is 2.75. The zero-order valence-electron chi connectivity index (χ0n) is 17.7. The molecule has 4 heterocycles. The van der Waals surface area contributed by atoms with E-state index in [-0.39, 0.29) is 11.1 Å². The second-order valence-electron chi connectivity index (χ2n) is 8.09. The summed E-state index contributed by atoms with van der Waals surface area (Å²) in [6.07, 6.45) is 4.48. The van der Waals surface area contributed by atoms with Gasteiger partial charge in [-0.2, -0.15) is 0 Å². The smallest absolute Gasteiger partial charge is 0.260 e. The largest absolute Gasteiger partial charge is 0.379 e. The number of morpholine rings is 1. The van der Waals surface area contributed by atoms with E-state index in [0.29, 0.717) is 34.9 Å². The zero-order valence-corrected chi connectivity index (χ0v) is 17.7. The first kappa shape index (κ1) is 20.7. The monoisotopic (exact) mass is 411 g/mol. The highest BCUT2D eigenvalue weighted by molar-refractivity contribution is 5.91. The van der Waals surface area contributed by atoms with E-state index >= 15 is 0 Å². The van der Waals surface area contributed by atoms with Crippen molar-refractivity contribution in [2.75, 3.05) is 53.5 Å². The molecule has 1 saturated heterocycles. The standard InChI is InChI=1S/C22H29N5O3/c1-24(2)6-3-7-26-8-4-19-17(21(26)28)16-18-20(23-19)5-9-27(22(18)29)11-10-25-12-14-30-15-13-25/h4-5,8-9,16H,3,6-7,10-15H2,1-2H3. The Morgan fingerprint density at radius 2 is 1.53 bits per heavy atom. The first-order chi connectivity index (χ1) is 14.5. The van der Waals surface area contributed by atoms with E-state index in [9.17, 15) is 9.59 Å². The molecule has 0 bridgehead atoms. The van der Waals surface area contributed by atoms with Gasteiger partial charge in [0.2, 0.25) is 0 Å². The molecule has 0 aliphatic carbocycles.